The molecule has 0 aromatic heterocycles. The zero-order chi connectivity index (χ0) is 19.3. The Morgan fingerprint density at radius 1 is 1.00 bits per heavy atom. The Labute approximate surface area is 150 Å². The van der Waals surface area contributed by atoms with E-state index >= 15 is 0 Å². The molecule has 0 spiro atoms. The number of allylic oxidation sites excluding steroid dienone is 2. The molecule has 1 amide bonds. The molecule has 0 aliphatic heterocycles. The van der Waals surface area contributed by atoms with Crippen LogP contribution in [-0.4, -0.2) is 44.3 Å². The van der Waals surface area contributed by atoms with Gasteiger partial charge in [-0.15, -0.1) is 0 Å². The summed E-state index contributed by atoms with van der Waals surface area (Å²) in [5, 5.41) is 12.0. The normalized spacial score (nSPS) is 18.7. The van der Waals surface area contributed by atoms with Crippen LogP contribution in [0.2, 0.25) is 0 Å². The molecular weight excluding hydrogens is 342 g/mol. The molecule has 0 bridgehead atoms. The first kappa shape index (κ1) is 19.3. The molecule has 26 heavy (non-hydrogen) atoms. The summed E-state index contributed by atoms with van der Waals surface area (Å²) in [5.74, 6) is -3.13. The number of hydrogen-bond acceptors (Lipinski definition) is 6. The zero-order valence-corrected chi connectivity index (χ0v) is 14.8. The number of carboxylic acids is 1. The predicted octanol–water partition coefficient (Wildman–Crippen LogP) is 2.10. The maximum Gasteiger partial charge on any atom is 0.340 e. The van der Waals surface area contributed by atoms with Crippen LogP contribution in [0.15, 0.2) is 24.3 Å². The number of hydrogen-bond donors (Lipinski definition) is 2. The molecule has 2 rings (SSSR count). The van der Waals surface area contributed by atoms with Crippen LogP contribution >= 0.6 is 0 Å². The highest BCUT2D eigenvalue weighted by atomic mass is 16.5. The number of methoxy groups -OCH3 is 3. The Morgan fingerprint density at radius 2 is 1.58 bits per heavy atom. The van der Waals surface area contributed by atoms with Gasteiger partial charge >= 0.3 is 11.9 Å². The molecule has 1 aliphatic carbocycles. The minimum absolute atomic E-state index is 0.0803. The molecule has 1 aromatic carbocycles. The first-order valence-corrected chi connectivity index (χ1v) is 7.95. The van der Waals surface area contributed by atoms with Crippen LogP contribution in [0.1, 0.15) is 23.2 Å². The van der Waals surface area contributed by atoms with Crippen molar-refractivity contribution in [2.24, 2.45) is 11.8 Å². The average molecular weight is 363 g/mol. The van der Waals surface area contributed by atoms with E-state index in [1.54, 1.807) is 12.2 Å². The summed E-state index contributed by atoms with van der Waals surface area (Å²) in [6.45, 7) is 0. The van der Waals surface area contributed by atoms with Crippen molar-refractivity contribution in [2.45, 2.75) is 12.8 Å². The molecule has 8 nitrogen and oxygen atoms in total. The van der Waals surface area contributed by atoms with Crippen molar-refractivity contribution in [3.63, 3.8) is 0 Å². The molecule has 2 atom stereocenters. The quantitative estimate of drug-likeness (QED) is 0.588. The lowest BCUT2D eigenvalue weighted by Gasteiger charge is -2.24. The molecule has 0 saturated carbocycles. The Kier molecular flexibility index (Phi) is 6.21. The van der Waals surface area contributed by atoms with Crippen LogP contribution in [0.25, 0.3) is 0 Å². The number of nitrogens with one attached hydrogen (secondary N) is 1. The smallest absolute Gasteiger partial charge is 0.340 e. The second-order valence-electron chi connectivity index (χ2n) is 5.73. The molecule has 1 aliphatic rings. The molecule has 0 heterocycles. The number of benzene rings is 1. The van der Waals surface area contributed by atoms with Gasteiger partial charge in [0.05, 0.1) is 44.4 Å². The van der Waals surface area contributed by atoms with Gasteiger partial charge < -0.3 is 24.6 Å². The van der Waals surface area contributed by atoms with E-state index in [1.165, 1.54) is 33.5 Å². The Bertz CT molecular complexity index is 741. The number of rotatable bonds is 6. The summed E-state index contributed by atoms with van der Waals surface area (Å²) < 4.78 is 15.1. The van der Waals surface area contributed by atoms with E-state index in [0.29, 0.717) is 17.9 Å². The van der Waals surface area contributed by atoms with Crippen molar-refractivity contribution >= 4 is 23.5 Å². The largest absolute Gasteiger partial charge is 0.493 e. The SMILES string of the molecule is COC(=O)c1cc(OC)c(OC)cc1NC(=O)[C@H]1CC=CC[C@H]1C(=O)O. The van der Waals surface area contributed by atoms with Crippen molar-refractivity contribution in [1.29, 1.82) is 0 Å². The summed E-state index contributed by atoms with van der Waals surface area (Å²) in [6, 6.07) is 2.84. The topological polar surface area (TPSA) is 111 Å². The Morgan fingerprint density at radius 3 is 2.12 bits per heavy atom. The molecule has 0 radical (unpaired) electrons. The highest BCUT2D eigenvalue weighted by Crippen LogP contribution is 2.35. The van der Waals surface area contributed by atoms with Crippen LogP contribution in [-0.2, 0) is 14.3 Å². The average Bonchev–Trinajstić information content (AvgIpc) is 2.66. The van der Waals surface area contributed by atoms with E-state index in [1.807, 2.05) is 0 Å². The highest BCUT2D eigenvalue weighted by Gasteiger charge is 2.34. The van der Waals surface area contributed by atoms with Gasteiger partial charge in [0.15, 0.2) is 11.5 Å². The van der Waals surface area contributed by atoms with Gasteiger partial charge in [-0.25, -0.2) is 4.79 Å². The van der Waals surface area contributed by atoms with Crippen LogP contribution < -0.4 is 14.8 Å². The summed E-state index contributed by atoms with van der Waals surface area (Å²) >= 11 is 0. The number of aliphatic carboxylic acids is 1. The fraction of sp³-hybridized carbons (Fsp3) is 0.389. The maximum absolute atomic E-state index is 12.7. The maximum atomic E-state index is 12.7. The van der Waals surface area contributed by atoms with Crippen molar-refractivity contribution in [3.8, 4) is 11.5 Å². The van der Waals surface area contributed by atoms with E-state index in [0.717, 1.165) is 0 Å². The fourth-order valence-corrected chi connectivity index (χ4v) is 2.86. The summed E-state index contributed by atoms with van der Waals surface area (Å²) in [7, 11) is 4.06. The van der Waals surface area contributed by atoms with Gasteiger partial charge in [-0.05, 0) is 12.8 Å². The molecule has 0 unspecified atom stereocenters. The minimum atomic E-state index is -1.03. The van der Waals surface area contributed by atoms with Gasteiger partial charge in [0, 0.05) is 12.1 Å². The van der Waals surface area contributed by atoms with E-state index in [9.17, 15) is 19.5 Å². The van der Waals surface area contributed by atoms with Crippen LogP contribution in [0.3, 0.4) is 0 Å². The Hall–Kier alpha value is -3.03. The molecular formula is C18H21NO7. The number of ether oxygens (including phenoxy) is 3. The van der Waals surface area contributed by atoms with Crippen molar-refractivity contribution in [1.82, 2.24) is 0 Å². The summed E-state index contributed by atoms with van der Waals surface area (Å²) in [5.41, 5.74) is 0.245. The second kappa shape index (κ2) is 8.37. The van der Waals surface area contributed by atoms with E-state index in [2.05, 4.69) is 5.32 Å². The van der Waals surface area contributed by atoms with Crippen molar-refractivity contribution in [3.05, 3.63) is 29.8 Å². The number of anilines is 1. The van der Waals surface area contributed by atoms with Gasteiger partial charge in [-0.1, -0.05) is 12.2 Å². The van der Waals surface area contributed by atoms with Crippen molar-refractivity contribution < 1.29 is 33.7 Å². The fourth-order valence-electron chi connectivity index (χ4n) is 2.86. The van der Waals surface area contributed by atoms with Crippen LogP contribution in [0.5, 0.6) is 11.5 Å². The van der Waals surface area contributed by atoms with E-state index in [4.69, 9.17) is 14.2 Å². The lowest BCUT2D eigenvalue weighted by atomic mass is 9.82. The van der Waals surface area contributed by atoms with E-state index < -0.39 is 29.7 Å². The number of esters is 1. The van der Waals surface area contributed by atoms with Crippen LogP contribution in [0.4, 0.5) is 5.69 Å². The zero-order valence-electron chi connectivity index (χ0n) is 14.8. The highest BCUT2D eigenvalue weighted by molar-refractivity contribution is 6.03. The second-order valence-corrected chi connectivity index (χ2v) is 5.73. The van der Waals surface area contributed by atoms with Gasteiger partial charge in [0.1, 0.15) is 0 Å². The lowest BCUT2D eigenvalue weighted by Crippen LogP contribution is -2.35. The van der Waals surface area contributed by atoms with Crippen LogP contribution in [0, 0.1) is 11.8 Å². The number of carboxylic acid groups (broad SMARTS) is 1. The van der Waals surface area contributed by atoms with Gasteiger partial charge in [-0.2, -0.15) is 0 Å². The number of carbonyl (C=O) groups is 3. The monoisotopic (exact) mass is 363 g/mol. The molecule has 140 valence electrons. The molecule has 2 N–H and O–H groups in total. The van der Waals surface area contributed by atoms with Crippen molar-refractivity contribution in [2.75, 3.05) is 26.6 Å². The third kappa shape index (κ3) is 3.96. The van der Waals surface area contributed by atoms with E-state index in [-0.39, 0.29) is 17.7 Å². The Balaban J connectivity index is 2.37. The number of carbonyl (C=O) groups excluding carboxylic acids is 2. The predicted molar refractivity (Wildman–Crippen MR) is 92.5 cm³/mol. The van der Waals surface area contributed by atoms with Gasteiger partial charge in [0.2, 0.25) is 5.91 Å². The first-order valence-electron chi connectivity index (χ1n) is 7.95. The summed E-state index contributed by atoms with van der Waals surface area (Å²) in [6.07, 6.45) is 4.12. The van der Waals surface area contributed by atoms with Gasteiger partial charge in [-0.3, -0.25) is 9.59 Å². The lowest BCUT2D eigenvalue weighted by molar-refractivity contribution is -0.146. The molecule has 0 fully saturated rings. The summed E-state index contributed by atoms with van der Waals surface area (Å²) in [4.78, 5) is 36.1. The third-order valence-electron chi connectivity index (χ3n) is 4.27. The van der Waals surface area contributed by atoms with Gasteiger partial charge in [0.25, 0.3) is 0 Å². The molecule has 1 aromatic rings. The standard InChI is InChI=1S/C18H21NO7/c1-24-14-8-12(18(23)26-3)13(9-15(14)25-2)19-16(20)10-6-4-5-7-11(10)17(21)22/h4-5,8-11H,6-7H2,1-3H3,(H,19,20)(H,21,22)/t10-,11+/m0/s1. The number of amides is 1. The third-order valence-corrected chi connectivity index (χ3v) is 4.27. The molecule has 0 saturated heterocycles. The first-order chi connectivity index (χ1) is 12.4. The minimum Gasteiger partial charge on any atom is -0.493 e. The molecule has 8 heteroatoms.